The number of nitrogens with zero attached hydrogens (tertiary/aromatic N) is 1. The normalized spacial score (nSPS) is 13.7. The molecule has 40 heavy (non-hydrogen) atoms. The van der Waals surface area contributed by atoms with Gasteiger partial charge >= 0.3 is 6.09 Å². The number of ether oxygens (including phenoxy) is 1. The molecule has 0 aliphatic rings. The molecule has 0 bridgehead atoms. The molecule has 2 atom stereocenters. The predicted octanol–water partition coefficient (Wildman–Crippen LogP) is 5.73. The summed E-state index contributed by atoms with van der Waals surface area (Å²) in [4.78, 5) is 43.1. The maximum atomic E-state index is 14.6. The lowest BCUT2D eigenvalue weighted by molar-refractivity contribution is -0.149. The largest absolute Gasteiger partial charge is 0.508 e. The highest BCUT2D eigenvalue weighted by atomic mass is 16.6. The molecule has 220 valence electrons. The number of rotatable bonds is 7. The van der Waals surface area contributed by atoms with Crippen LogP contribution in [-0.4, -0.2) is 50.6 Å². The molecule has 0 radical (unpaired) electrons. The van der Waals surface area contributed by atoms with Gasteiger partial charge in [-0.3, -0.25) is 9.59 Å². The molecule has 0 saturated carbocycles. The minimum atomic E-state index is -1.05. The van der Waals surface area contributed by atoms with E-state index in [0.29, 0.717) is 0 Å². The number of aryl methyl sites for hydroxylation is 2. The van der Waals surface area contributed by atoms with Gasteiger partial charge < -0.3 is 25.4 Å². The van der Waals surface area contributed by atoms with Gasteiger partial charge in [0, 0.05) is 17.5 Å². The first-order chi connectivity index (χ1) is 18.2. The van der Waals surface area contributed by atoms with Crippen molar-refractivity contribution in [3.05, 3.63) is 64.7 Å². The predicted molar refractivity (Wildman–Crippen MR) is 158 cm³/mol. The quantitative estimate of drug-likeness (QED) is 0.406. The molecule has 0 aromatic heterocycles. The van der Waals surface area contributed by atoms with E-state index >= 15 is 0 Å². The summed E-state index contributed by atoms with van der Waals surface area (Å²) < 4.78 is 5.50. The zero-order chi connectivity index (χ0) is 30.6. The average Bonchev–Trinajstić information content (AvgIpc) is 2.75. The third kappa shape index (κ3) is 9.28. The van der Waals surface area contributed by atoms with E-state index in [4.69, 9.17) is 4.74 Å². The first-order valence-electron chi connectivity index (χ1n) is 13.7. The molecule has 0 heterocycles. The Morgan fingerprint density at radius 1 is 0.875 bits per heavy atom. The summed E-state index contributed by atoms with van der Waals surface area (Å²) in [7, 11) is 0. The van der Waals surface area contributed by atoms with Crippen molar-refractivity contribution in [1.29, 1.82) is 0 Å². The van der Waals surface area contributed by atoms with Crippen LogP contribution in [0, 0.1) is 13.8 Å². The molecule has 0 spiro atoms. The first kappa shape index (κ1) is 32.7. The van der Waals surface area contributed by atoms with Gasteiger partial charge in [-0.15, -0.1) is 0 Å². The molecule has 0 fully saturated rings. The zero-order valence-corrected chi connectivity index (χ0v) is 25.9. The van der Waals surface area contributed by atoms with Gasteiger partial charge in [0.1, 0.15) is 23.4 Å². The standard InChI is InChI=1S/C32H47N3O5/c1-20-13-12-14-21(2)25(20)26(27(37)34-30(3,4)5)35(31(6,7)8)28(38)24(33-29(39)40-32(9,10)11)19-22-15-17-23(36)18-16-22/h12-18,24,26,36H,19H2,1-11H3,(H,33,39)(H,34,37). The summed E-state index contributed by atoms with van der Waals surface area (Å²) >= 11 is 0. The van der Waals surface area contributed by atoms with Crippen LogP contribution in [0.1, 0.15) is 90.6 Å². The minimum absolute atomic E-state index is 0.0944. The Morgan fingerprint density at radius 3 is 1.85 bits per heavy atom. The highest BCUT2D eigenvalue weighted by molar-refractivity contribution is 5.93. The highest BCUT2D eigenvalue weighted by Gasteiger charge is 2.43. The Balaban J connectivity index is 2.71. The molecule has 2 unspecified atom stereocenters. The maximum absolute atomic E-state index is 14.6. The number of phenols is 1. The van der Waals surface area contributed by atoms with E-state index in [9.17, 15) is 19.5 Å². The summed E-state index contributed by atoms with van der Waals surface area (Å²) in [6.45, 7) is 20.4. The Bertz CT molecular complexity index is 1180. The topological polar surface area (TPSA) is 108 Å². The summed E-state index contributed by atoms with van der Waals surface area (Å²) in [5.41, 5.74) is 1.11. The Kier molecular flexibility index (Phi) is 10.1. The fourth-order valence-electron chi connectivity index (χ4n) is 4.60. The molecule has 2 rings (SSSR count). The van der Waals surface area contributed by atoms with Crippen LogP contribution in [0.4, 0.5) is 4.79 Å². The maximum Gasteiger partial charge on any atom is 0.408 e. The van der Waals surface area contributed by atoms with Crippen LogP contribution in [0.5, 0.6) is 5.75 Å². The number of amides is 3. The molecule has 3 amide bonds. The van der Waals surface area contributed by atoms with Crippen LogP contribution < -0.4 is 10.6 Å². The van der Waals surface area contributed by atoms with E-state index in [0.717, 1.165) is 22.3 Å². The molecule has 2 aromatic carbocycles. The van der Waals surface area contributed by atoms with Crippen LogP contribution in [0.2, 0.25) is 0 Å². The van der Waals surface area contributed by atoms with E-state index in [1.54, 1.807) is 37.8 Å². The number of hydrogen-bond acceptors (Lipinski definition) is 5. The minimum Gasteiger partial charge on any atom is -0.508 e. The van der Waals surface area contributed by atoms with E-state index in [1.165, 1.54) is 12.1 Å². The van der Waals surface area contributed by atoms with Gasteiger partial charge in [0.25, 0.3) is 0 Å². The lowest BCUT2D eigenvalue weighted by Crippen LogP contribution is -2.60. The van der Waals surface area contributed by atoms with Crippen LogP contribution in [0.3, 0.4) is 0 Å². The van der Waals surface area contributed by atoms with Crippen molar-refractivity contribution in [2.45, 2.75) is 111 Å². The Morgan fingerprint density at radius 2 is 1.40 bits per heavy atom. The second kappa shape index (κ2) is 12.3. The van der Waals surface area contributed by atoms with E-state index in [-0.39, 0.29) is 18.1 Å². The lowest BCUT2D eigenvalue weighted by atomic mass is 9.89. The molecule has 0 saturated heterocycles. The molecule has 0 aliphatic carbocycles. The van der Waals surface area contributed by atoms with Crippen LogP contribution in [-0.2, 0) is 20.7 Å². The van der Waals surface area contributed by atoms with E-state index in [2.05, 4.69) is 10.6 Å². The Labute approximate surface area is 239 Å². The molecule has 2 aromatic rings. The number of carbonyl (C=O) groups excluding carboxylic acids is 3. The summed E-state index contributed by atoms with van der Waals surface area (Å²) in [6, 6.07) is 10.2. The fourth-order valence-corrected chi connectivity index (χ4v) is 4.60. The third-order valence-corrected chi connectivity index (χ3v) is 6.15. The Hall–Kier alpha value is -3.55. The first-order valence-corrected chi connectivity index (χ1v) is 13.7. The van der Waals surface area contributed by atoms with Crippen LogP contribution in [0.15, 0.2) is 42.5 Å². The number of hydrogen-bond donors (Lipinski definition) is 3. The van der Waals surface area contributed by atoms with Crippen molar-refractivity contribution in [1.82, 2.24) is 15.5 Å². The van der Waals surface area contributed by atoms with Gasteiger partial charge in [-0.2, -0.15) is 0 Å². The van der Waals surface area contributed by atoms with Crippen molar-refractivity contribution in [3.8, 4) is 5.75 Å². The van der Waals surface area contributed by atoms with Gasteiger partial charge in [-0.1, -0.05) is 30.3 Å². The number of carbonyl (C=O) groups is 3. The third-order valence-electron chi connectivity index (χ3n) is 6.15. The summed E-state index contributed by atoms with van der Waals surface area (Å²) in [5, 5.41) is 15.6. The number of aromatic hydroxyl groups is 1. The van der Waals surface area contributed by atoms with Crippen molar-refractivity contribution in [2.75, 3.05) is 0 Å². The fraction of sp³-hybridized carbons (Fsp3) is 0.531. The van der Waals surface area contributed by atoms with E-state index < -0.39 is 40.8 Å². The molecular weight excluding hydrogens is 506 g/mol. The van der Waals surface area contributed by atoms with Crippen molar-refractivity contribution < 1.29 is 24.2 Å². The number of phenolic OH excluding ortho intramolecular Hbond substituents is 1. The van der Waals surface area contributed by atoms with Gasteiger partial charge in [0.15, 0.2) is 0 Å². The van der Waals surface area contributed by atoms with Gasteiger partial charge in [-0.25, -0.2) is 4.79 Å². The lowest BCUT2D eigenvalue weighted by Gasteiger charge is -2.44. The molecule has 3 N–H and O–H groups in total. The highest BCUT2D eigenvalue weighted by Crippen LogP contribution is 2.34. The number of nitrogens with one attached hydrogen (secondary N) is 2. The average molecular weight is 554 g/mol. The van der Waals surface area contributed by atoms with Gasteiger partial charge in [0.05, 0.1) is 0 Å². The van der Waals surface area contributed by atoms with Crippen LogP contribution >= 0.6 is 0 Å². The van der Waals surface area contributed by atoms with Crippen molar-refractivity contribution >= 4 is 17.9 Å². The molecule has 8 nitrogen and oxygen atoms in total. The summed E-state index contributed by atoms with van der Waals surface area (Å²) in [5.74, 6) is -0.644. The number of benzene rings is 2. The van der Waals surface area contributed by atoms with Gasteiger partial charge in [0.2, 0.25) is 11.8 Å². The van der Waals surface area contributed by atoms with Crippen LogP contribution in [0.25, 0.3) is 0 Å². The number of alkyl carbamates (subject to hydrolysis) is 1. The van der Waals surface area contributed by atoms with Crippen molar-refractivity contribution in [3.63, 3.8) is 0 Å². The second-order valence-corrected chi connectivity index (χ2v) is 13.4. The van der Waals surface area contributed by atoms with Gasteiger partial charge in [-0.05, 0) is 111 Å². The molecular formula is C32H47N3O5. The molecule has 8 heteroatoms. The SMILES string of the molecule is Cc1cccc(C)c1C(C(=O)NC(C)(C)C)N(C(=O)C(Cc1ccc(O)cc1)NC(=O)OC(C)(C)C)C(C)(C)C. The smallest absolute Gasteiger partial charge is 0.408 e. The zero-order valence-electron chi connectivity index (χ0n) is 25.9. The van der Waals surface area contributed by atoms with E-state index in [1.807, 2.05) is 73.6 Å². The molecule has 0 aliphatic heterocycles. The summed E-state index contributed by atoms with van der Waals surface area (Å²) in [6.07, 6.45) is -0.605. The monoisotopic (exact) mass is 553 g/mol. The second-order valence-electron chi connectivity index (χ2n) is 13.4. The van der Waals surface area contributed by atoms with Crippen molar-refractivity contribution in [2.24, 2.45) is 0 Å².